The first-order chi connectivity index (χ1) is 12.7. The van der Waals surface area contributed by atoms with Gasteiger partial charge in [0.05, 0.1) is 28.2 Å². The lowest BCUT2D eigenvalue weighted by Gasteiger charge is -2.21. The SMILES string of the molecule is CSc1ccc(C=NNC(=O)CN(c2ccc(Cl)c(Cl)c2)S(C)(=O)=O)cc1. The van der Waals surface area contributed by atoms with Gasteiger partial charge in [-0.15, -0.1) is 11.8 Å². The van der Waals surface area contributed by atoms with Crippen LogP contribution in [0.4, 0.5) is 5.69 Å². The van der Waals surface area contributed by atoms with Crippen molar-refractivity contribution in [3.63, 3.8) is 0 Å². The highest BCUT2D eigenvalue weighted by Crippen LogP contribution is 2.28. The number of rotatable bonds is 7. The van der Waals surface area contributed by atoms with Crippen molar-refractivity contribution in [3.05, 3.63) is 58.1 Å². The molecule has 0 aromatic heterocycles. The summed E-state index contributed by atoms with van der Waals surface area (Å²) in [5.74, 6) is -0.594. The molecule has 0 unspecified atom stereocenters. The van der Waals surface area contributed by atoms with Crippen LogP contribution in [0.5, 0.6) is 0 Å². The number of sulfonamides is 1. The van der Waals surface area contributed by atoms with Gasteiger partial charge < -0.3 is 0 Å². The second kappa shape index (κ2) is 9.45. The lowest BCUT2D eigenvalue weighted by Crippen LogP contribution is -2.39. The summed E-state index contributed by atoms with van der Waals surface area (Å²) in [5, 5.41) is 4.33. The zero-order valence-corrected chi connectivity index (χ0v) is 17.7. The molecule has 1 N–H and O–H groups in total. The summed E-state index contributed by atoms with van der Waals surface area (Å²) in [6, 6.07) is 11.9. The number of halogens is 2. The number of anilines is 1. The molecule has 0 spiro atoms. The van der Waals surface area contributed by atoms with Gasteiger partial charge in [0.1, 0.15) is 6.54 Å². The van der Waals surface area contributed by atoms with Gasteiger partial charge in [0.25, 0.3) is 5.91 Å². The molecule has 0 saturated heterocycles. The first-order valence-electron chi connectivity index (χ1n) is 7.59. The predicted octanol–water partition coefficient (Wildman–Crippen LogP) is 3.63. The van der Waals surface area contributed by atoms with E-state index in [9.17, 15) is 13.2 Å². The van der Waals surface area contributed by atoms with Crippen LogP contribution in [0.2, 0.25) is 10.0 Å². The van der Waals surface area contributed by atoms with Crippen LogP contribution in [0, 0.1) is 0 Å². The summed E-state index contributed by atoms with van der Waals surface area (Å²) in [6.45, 7) is -0.445. The Kier molecular flexibility index (Phi) is 7.55. The van der Waals surface area contributed by atoms with Gasteiger partial charge >= 0.3 is 0 Å². The number of nitrogens with zero attached hydrogens (tertiary/aromatic N) is 2. The van der Waals surface area contributed by atoms with Crippen molar-refractivity contribution in [2.45, 2.75) is 4.90 Å². The molecule has 0 aliphatic rings. The van der Waals surface area contributed by atoms with Crippen molar-refractivity contribution in [2.24, 2.45) is 5.10 Å². The molecular formula is C17H17Cl2N3O3S2. The van der Waals surface area contributed by atoms with Crippen LogP contribution in [-0.2, 0) is 14.8 Å². The van der Waals surface area contributed by atoms with Gasteiger partial charge in [0.2, 0.25) is 10.0 Å². The van der Waals surface area contributed by atoms with Crippen molar-refractivity contribution in [1.82, 2.24) is 5.43 Å². The van der Waals surface area contributed by atoms with Gasteiger partial charge in [-0.1, -0.05) is 35.3 Å². The zero-order chi connectivity index (χ0) is 20.0. The Morgan fingerprint density at radius 2 is 1.85 bits per heavy atom. The Hall–Kier alpha value is -1.74. The molecule has 0 bridgehead atoms. The lowest BCUT2D eigenvalue weighted by atomic mass is 10.2. The molecule has 0 fully saturated rings. The average molecular weight is 446 g/mol. The van der Waals surface area contributed by atoms with Gasteiger partial charge in [-0.3, -0.25) is 9.10 Å². The number of carbonyl (C=O) groups excluding carboxylic acids is 1. The van der Waals surface area contributed by atoms with Crippen LogP contribution in [-0.4, -0.2) is 39.6 Å². The highest BCUT2D eigenvalue weighted by molar-refractivity contribution is 7.98. The molecule has 0 heterocycles. The van der Waals surface area contributed by atoms with Gasteiger partial charge in [-0.05, 0) is 42.2 Å². The lowest BCUT2D eigenvalue weighted by molar-refractivity contribution is -0.119. The maximum absolute atomic E-state index is 12.1. The van der Waals surface area contributed by atoms with Crippen LogP contribution < -0.4 is 9.73 Å². The number of thioether (sulfide) groups is 1. The first-order valence-corrected chi connectivity index (χ1v) is 11.4. The number of hydrogen-bond acceptors (Lipinski definition) is 5. The Labute approximate surface area is 172 Å². The molecule has 2 aromatic carbocycles. The Bertz CT molecular complexity index is 948. The fourth-order valence-electron chi connectivity index (χ4n) is 2.07. The van der Waals surface area contributed by atoms with Gasteiger partial charge in [-0.2, -0.15) is 5.10 Å². The summed E-state index contributed by atoms with van der Waals surface area (Å²) in [4.78, 5) is 13.2. The standard InChI is InChI=1S/C17H17Cl2N3O3S2/c1-26-14-6-3-12(4-7-14)10-20-21-17(23)11-22(27(2,24)25)13-5-8-15(18)16(19)9-13/h3-10H,11H2,1-2H3,(H,21,23). The summed E-state index contributed by atoms with van der Waals surface area (Å²) >= 11 is 13.4. The van der Waals surface area contributed by atoms with E-state index in [1.165, 1.54) is 24.4 Å². The minimum absolute atomic E-state index is 0.190. The Morgan fingerprint density at radius 3 is 2.41 bits per heavy atom. The smallest absolute Gasteiger partial charge is 0.260 e. The predicted molar refractivity (Wildman–Crippen MR) is 113 cm³/mol. The quantitative estimate of drug-likeness (QED) is 0.400. The third kappa shape index (κ3) is 6.42. The third-order valence-electron chi connectivity index (χ3n) is 3.40. The number of amides is 1. The topological polar surface area (TPSA) is 78.8 Å². The van der Waals surface area contributed by atoms with Crippen molar-refractivity contribution in [2.75, 3.05) is 23.4 Å². The van der Waals surface area contributed by atoms with Gasteiger partial charge in [-0.25, -0.2) is 13.8 Å². The van der Waals surface area contributed by atoms with Crippen LogP contribution in [0.3, 0.4) is 0 Å². The van der Waals surface area contributed by atoms with Crippen molar-refractivity contribution in [3.8, 4) is 0 Å². The van der Waals surface area contributed by atoms with Crippen LogP contribution >= 0.6 is 35.0 Å². The average Bonchev–Trinajstić information content (AvgIpc) is 2.62. The van der Waals surface area contributed by atoms with E-state index in [0.29, 0.717) is 0 Å². The molecule has 0 radical (unpaired) electrons. The molecule has 0 aliphatic carbocycles. The maximum atomic E-state index is 12.1. The molecule has 6 nitrogen and oxygen atoms in total. The molecule has 27 heavy (non-hydrogen) atoms. The monoisotopic (exact) mass is 445 g/mol. The highest BCUT2D eigenvalue weighted by Gasteiger charge is 2.21. The van der Waals surface area contributed by atoms with Crippen molar-refractivity contribution < 1.29 is 13.2 Å². The van der Waals surface area contributed by atoms with Crippen LogP contribution in [0.15, 0.2) is 52.5 Å². The second-order valence-corrected chi connectivity index (χ2v) is 9.04. The molecule has 2 aromatic rings. The van der Waals surface area contributed by atoms with E-state index in [0.717, 1.165) is 21.0 Å². The fraction of sp³-hybridized carbons (Fsp3) is 0.176. The zero-order valence-electron chi connectivity index (χ0n) is 14.5. The van der Waals surface area contributed by atoms with Crippen molar-refractivity contribution in [1.29, 1.82) is 0 Å². The first kappa shape index (κ1) is 21.6. The number of benzene rings is 2. The van der Waals surface area contributed by atoms with Crippen LogP contribution in [0.25, 0.3) is 0 Å². The summed E-state index contributed by atoms with van der Waals surface area (Å²) < 4.78 is 25.0. The van der Waals surface area contributed by atoms with Crippen molar-refractivity contribution >= 4 is 62.8 Å². The molecule has 1 amide bonds. The van der Waals surface area contributed by atoms with Crippen LogP contribution in [0.1, 0.15) is 5.56 Å². The normalized spacial score (nSPS) is 11.6. The van der Waals surface area contributed by atoms with E-state index >= 15 is 0 Å². The molecule has 0 atom stereocenters. The highest BCUT2D eigenvalue weighted by atomic mass is 35.5. The minimum atomic E-state index is -3.71. The summed E-state index contributed by atoms with van der Waals surface area (Å²) in [5.41, 5.74) is 3.36. The summed E-state index contributed by atoms with van der Waals surface area (Å²) in [6.07, 6.45) is 4.45. The molecule has 144 valence electrons. The molecule has 10 heteroatoms. The van der Waals surface area contributed by atoms with Gasteiger partial charge in [0.15, 0.2) is 0 Å². The number of carbonyl (C=O) groups is 1. The van der Waals surface area contributed by atoms with Gasteiger partial charge in [0, 0.05) is 4.90 Å². The number of hydrogen-bond donors (Lipinski definition) is 1. The van der Waals surface area contributed by atoms with E-state index in [4.69, 9.17) is 23.2 Å². The fourth-order valence-corrected chi connectivity index (χ4v) is 3.62. The molecular weight excluding hydrogens is 429 g/mol. The van der Waals surface area contributed by atoms with E-state index in [1.807, 2.05) is 30.5 Å². The van der Waals surface area contributed by atoms with E-state index < -0.39 is 22.5 Å². The largest absolute Gasteiger partial charge is 0.271 e. The Morgan fingerprint density at radius 1 is 1.19 bits per heavy atom. The summed E-state index contributed by atoms with van der Waals surface area (Å²) in [7, 11) is -3.71. The Balaban J connectivity index is 2.07. The molecule has 2 rings (SSSR count). The third-order valence-corrected chi connectivity index (χ3v) is 6.02. The number of hydrazone groups is 1. The number of nitrogens with one attached hydrogen (secondary N) is 1. The molecule has 0 aliphatic heterocycles. The van der Waals surface area contributed by atoms with E-state index in [2.05, 4.69) is 10.5 Å². The second-order valence-electron chi connectivity index (χ2n) is 5.43. The maximum Gasteiger partial charge on any atom is 0.260 e. The molecule has 0 saturated carbocycles. The van der Waals surface area contributed by atoms with E-state index in [1.54, 1.807) is 11.8 Å². The minimum Gasteiger partial charge on any atom is -0.271 e. The van der Waals surface area contributed by atoms with E-state index in [-0.39, 0.29) is 15.7 Å².